The van der Waals surface area contributed by atoms with Gasteiger partial charge in [0.25, 0.3) is 0 Å². The van der Waals surface area contributed by atoms with Gasteiger partial charge in [-0.3, -0.25) is 9.59 Å². The Kier molecular flexibility index (Phi) is 8.40. The SMILES string of the molecule is CC(C)OCC(=O)NCCCNC(=O)C(C)C.[HH].[HH]. The summed E-state index contributed by atoms with van der Waals surface area (Å²) < 4.78 is 5.15. The van der Waals surface area contributed by atoms with Gasteiger partial charge in [-0.05, 0) is 20.3 Å². The van der Waals surface area contributed by atoms with Crippen molar-refractivity contribution in [2.24, 2.45) is 5.92 Å². The molecule has 17 heavy (non-hydrogen) atoms. The van der Waals surface area contributed by atoms with Gasteiger partial charge >= 0.3 is 0 Å². The predicted molar refractivity (Wildman–Crippen MR) is 70.8 cm³/mol. The third-order valence-corrected chi connectivity index (χ3v) is 2.05. The molecular formula is C12H28N2O3. The van der Waals surface area contributed by atoms with E-state index in [9.17, 15) is 9.59 Å². The zero-order chi connectivity index (χ0) is 13.3. The Balaban J connectivity index is -0.00000128. The molecule has 0 aliphatic carbocycles. The first-order valence-electron chi connectivity index (χ1n) is 6.09. The minimum Gasteiger partial charge on any atom is -0.369 e. The van der Waals surface area contributed by atoms with Crippen LogP contribution in [0.3, 0.4) is 0 Å². The summed E-state index contributed by atoms with van der Waals surface area (Å²) in [7, 11) is 0. The lowest BCUT2D eigenvalue weighted by Crippen LogP contribution is -2.33. The van der Waals surface area contributed by atoms with Crippen LogP contribution in [0.4, 0.5) is 0 Å². The van der Waals surface area contributed by atoms with Crippen molar-refractivity contribution < 1.29 is 17.2 Å². The van der Waals surface area contributed by atoms with Crippen LogP contribution in [0.1, 0.15) is 37.0 Å². The highest BCUT2D eigenvalue weighted by molar-refractivity contribution is 5.78. The Morgan fingerprint density at radius 1 is 1.12 bits per heavy atom. The number of carbonyl (C=O) groups is 2. The van der Waals surface area contributed by atoms with Crippen molar-refractivity contribution in [3.8, 4) is 0 Å². The molecule has 2 N–H and O–H groups in total. The molecule has 0 heterocycles. The van der Waals surface area contributed by atoms with Gasteiger partial charge in [0.05, 0.1) is 6.10 Å². The standard InChI is InChI=1S/C12H24N2O3.2H2/c1-9(2)12(16)14-7-5-6-13-11(15)8-17-10(3)4;;/h9-10H,5-8H2,1-4H3,(H,13,15)(H,14,16);2*1H. The second kappa shape index (κ2) is 8.98. The van der Waals surface area contributed by atoms with Crippen LogP contribution < -0.4 is 10.6 Å². The van der Waals surface area contributed by atoms with Crippen LogP contribution in [0, 0.1) is 5.92 Å². The molecule has 0 fully saturated rings. The highest BCUT2D eigenvalue weighted by Crippen LogP contribution is 1.90. The molecule has 0 unspecified atom stereocenters. The van der Waals surface area contributed by atoms with Gasteiger partial charge in [-0.1, -0.05) is 13.8 Å². The molecular weight excluding hydrogens is 220 g/mol. The van der Waals surface area contributed by atoms with E-state index in [2.05, 4.69) is 10.6 Å². The van der Waals surface area contributed by atoms with Crippen LogP contribution in [-0.4, -0.2) is 37.6 Å². The predicted octanol–water partition coefficient (Wildman–Crippen LogP) is 1.18. The summed E-state index contributed by atoms with van der Waals surface area (Å²) in [5, 5.41) is 5.51. The molecule has 0 saturated heterocycles. The summed E-state index contributed by atoms with van der Waals surface area (Å²) >= 11 is 0. The van der Waals surface area contributed by atoms with E-state index in [0.29, 0.717) is 13.1 Å². The van der Waals surface area contributed by atoms with Crippen molar-refractivity contribution in [3.05, 3.63) is 0 Å². The molecule has 0 aliphatic rings. The molecule has 0 spiro atoms. The number of hydrogen-bond acceptors (Lipinski definition) is 3. The molecule has 5 heteroatoms. The van der Waals surface area contributed by atoms with Crippen LogP contribution in [0.25, 0.3) is 0 Å². The molecule has 2 amide bonds. The van der Waals surface area contributed by atoms with E-state index in [1.54, 1.807) is 0 Å². The number of carbonyl (C=O) groups excluding carboxylic acids is 2. The van der Waals surface area contributed by atoms with E-state index >= 15 is 0 Å². The zero-order valence-electron chi connectivity index (χ0n) is 11.2. The normalized spacial score (nSPS) is 10.7. The van der Waals surface area contributed by atoms with Gasteiger partial charge in [0, 0.05) is 21.9 Å². The quantitative estimate of drug-likeness (QED) is 0.634. The lowest BCUT2D eigenvalue weighted by molar-refractivity contribution is -0.127. The van der Waals surface area contributed by atoms with E-state index in [0.717, 1.165) is 6.42 Å². The summed E-state index contributed by atoms with van der Waals surface area (Å²) in [5.41, 5.74) is 0. The van der Waals surface area contributed by atoms with Crippen molar-refractivity contribution >= 4 is 11.8 Å². The Labute approximate surface area is 106 Å². The summed E-state index contributed by atoms with van der Waals surface area (Å²) in [6, 6.07) is 0. The summed E-state index contributed by atoms with van der Waals surface area (Å²) in [6.45, 7) is 8.70. The first-order chi connectivity index (χ1) is 7.93. The summed E-state index contributed by atoms with van der Waals surface area (Å²) in [6.07, 6.45) is 0.789. The average molecular weight is 248 g/mol. The van der Waals surface area contributed by atoms with Crippen molar-refractivity contribution in [2.45, 2.75) is 40.2 Å². The third-order valence-electron chi connectivity index (χ3n) is 2.05. The Hall–Kier alpha value is -1.10. The first kappa shape index (κ1) is 15.9. The lowest BCUT2D eigenvalue weighted by Gasteiger charge is -2.09. The average Bonchev–Trinajstić information content (AvgIpc) is 2.25. The van der Waals surface area contributed by atoms with Gasteiger partial charge < -0.3 is 15.4 Å². The van der Waals surface area contributed by atoms with Gasteiger partial charge in [-0.2, -0.15) is 0 Å². The molecule has 0 aromatic rings. The summed E-state index contributed by atoms with van der Waals surface area (Å²) in [4.78, 5) is 22.4. The molecule has 0 saturated carbocycles. The van der Waals surface area contributed by atoms with Crippen LogP contribution in [0.2, 0.25) is 0 Å². The molecule has 0 aromatic heterocycles. The van der Waals surface area contributed by atoms with Crippen molar-refractivity contribution in [3.63, 3.8) is 0 Å². The monoisotopic (exact) mass is 248 g/mol. The fourth-order valence-corrected chi connectivity index (χ4v) is 1.03. The fraction of sp³-hybridized carbons (Fsp3) is 0.833. The van der Waals surface area contributed by atoms with E-state index in [-0.39, 0.29) is 33.3 Å². The molecule has 0 atom stereocenters. The topological polar surface area (TPSA) is 67.4 Å². The van der Waals surface area contributed by atoms with Crippen molar-refractivity contribution in [1.82, 2.24) is 10.6 Å². The number of rotatable bonds is 8. The first-order valence-corrected chi connectivity index (χ1v) is 6.09. The Morgan fingerprint density at radius 2 is 1.71 bits per heavy atom. The van der Waals surface area contributed by atoms with Crippen molar-refractivity contribution in [2.75, 3.05) is 19.7 Å². The van der Waals surface area contributed by atoms with Gasteiger partial charge in [0.1, 0.15) is 6.61 Å². The number of hydrogen-bond donors (Lipinski definition) is 2. The minimum atomic E-state index is -0.117. The van der Waals surface area contributed by atoms with Gasteiger partial charge in [0.15, 0.2) is 0 Å². The maximum Gasteiger partial charge on any atom is 0.246 e. The number of ether oxygens (including phenoxy) is 1. The molecule has 0 aromatic carbocycles. The van der Waals surface area contributed by atoms with E-state index in [1.165, 1.54) is 0 Å². The molecule has 0 bridgehead atoms. The Bertz CT molecular complexity index is 249. The Morgan fingerprint density at radius 3 is 2.24 bits per heavy atom. The molecule has 5 nitrogen and oxygen atoms in total. The minimum absolute atomic E-state index is 0. The molecule has 0 aliphatic heterocycles. The second-order valence-electron chi connectivity index (χ2n) is 4.51. The van der Waals surface area contributed by atoms with E-state index < -0.39 is 0 Å². The van der Waals surface area contributed by atoms with E-state index in [1.807, 2.05) is 27.7 Å². The maximum absolute atomic E-state index is 11.2. The van der Waals surface area contributed by atoms with E-state index in [4.69, 9.17) is 4.74 Å². The van der Waals surface area contributed by atoms with Gasteiger partial charge in [-0.15, -0.1) is 0 Å². The fourth-order valence-electron chi connectivity index (χ4n) is 1.03. The molecule has 0 radical (unpaired) electrons. The van der Waals surface area contributed by atoms with Gasteiger partial charge in [0.2, 0.25) is 11.8 Å². The largest absolute Gasteiger partial charge is 0.369 e. The van der Waals surface area contributed by atoms with Crippen LogP contribution in [0.5, 0.6) is 0 Å². The van der Waals surface area contributed by atoms with Crippen LogP contribution >= 0.6 is 0 Å². The highest BCUT2D eigenvalue weighted by Gasteiger charge is 2.05. The number of nitrogens with one attached hydrogen (secondary N) is 2. The van der Waals surface area contributed by atoms with Crippen molar-refractivity contribution in [1.29, 1.82) is 0 Å². The van der Waals surface area contributed by atoms with Gasteiger partial charge in [-0.25, -0.2) is 0 Å². The lowest BCUT2D eigenvalue weighted by atomic mass is 10.2. The smallest absolute Gasteiger partial charge is 0.246 e. The van der Waals surface area contributed by atoms with Crippen LogP contribution in [0.15, 0.2) is 0 Å². The molecule has 104 valence electrons. The number of amides is 2. The van der Waals surface area contributed by atoms with Crippen LogP contribution in [-0.2, 0) is 14.3 Å². The zero-order valence-corrected chi connectivity index (χ0v) is 11.2. The second-order valence-corrected chi connectivity index (χ2v) is 4.51. The maximum atomic E-state index is 11.2. The third kappa shape index (κ3) is 9.81. The summed E-state index contributed by atoms with van der Waals surface area (Å²) in [5.74, 6) is -0.0719. The molecule has 0 rings (SSSR count). The highest BCUT2D eigenvalue weighted by atomic mass is 16.5.